The van der Waals surface area contributed by atoms with Gasteiger partial charge in [-0.15, -0.1) is 0 Å². The normalized spacial score (nSPS) is 14.8. The molecule has 1 fully saturated rings. The van der Waals surface area contributed by atoms with Crippen molar-refractivity contribution in [1.29, 1.82) is 0 Å². The molecule has 1 aromatic carbocycles. The molecule has 14 nitrogen and oxygen atoms in total. The third-order valence-corrected chi connectivity index (χ3v) is 6.53. The van der Waals surface area contributed by atoms with Crippen molar-refractivity contribution in [3.8, 4) is 5.75 Å². The van der Waals surface area contributed by atoms with Crippen LogP contribution in [0.5, 0.6) is 5.75 Å². The Balaban J connectivity index is 1.14. The van der Waals surface area contributed by atoms with Gasteiger partial charge >= 0.3 is 0 Å². The summed E-state index contributed by atoms with van der Waals surface area (Å²) in [6, 6.07) is 6.94. The van der Waals surface area contributed by atoms with Gasteiger partial charge in [0.1, 0.15) is 18.6 Å². The number of hydrogen-bond acceptors (Lipinski definition) is 14. The molecule has 1 unspecified atom stereocenters. The van der Waals surface area contributed by atoms with E-state index < -0.39 is 0 Å². The van der Waals surface area contributed by atoms with Crippen molar-refractivity contribution >= 4 is 6.29 Å². The maximum atomic E-state index is 10.6. The van der Waals surface area contributed by atoms with E-state index in [1.807, 2.05) is 0 Å². The highest BCUT2D eigenvalue weighted by atomic mass is 16.7. The third-order valence-electron chi connectivity index (χ3n) is 6.53. The molecule has 0 aliphatic carbocycles. The highest BCUT2D eigenvalue weighted by Crippen LogP contribution is 2.13. The second-order valence-corrected chi connectivity index (χ2v) is 10.3. The zero-order valence-corrected chi connectivity index (χ0v) is 28.6. The highest BCUT2D eigenvalue weighted by molar-refractivity contribution is 5.74. The van der Waals surface area contributed by atoms with E-state index in [1.54, 1.807) is 24.3 Å². The number of rotatable bonds is 36. The molecule has 0 aromatic heterocycles. The molecule has 0 bridgehead atoms. The van der Waals surface area contributed by atoms with Crippen LogP contribution in [0.4, 0.5) is 0 Å². The number of benzene rings is 1. The van der Waals surface area contributed by atoms with Gasteiger partial charge in [-0.25, -0.2) is 0 Å². The predicted molar refractivity (Wildman–Crippen MR) is 175 cm³/mol. The van der Waals surface area contributed by atoms with Crippen molar-refractivity contribution in [2.45, 2.75) is 25.6 Å². The Morgan fingerprint density at radius 1 is 0.479 bits per heavy atom. The SMILES string of the molecule is O=Cc1ccc(OCCOCCOCCOCCOCCOCCOCCOCCOCCOCCOCCOC2CCCCO2)cc1. The Labute approximate surface area is 285 Å². The van der Waals surface area contributed by atoms with E-state index in [1.165, 1.54) is 0 Å². The maximum absolute atomic E-state index is 10.6. The molecule has 0 radical (unpaired) electrons. The number of carbonyl (C=O) groups excluding carboxylic acids is 1. The Hall–Kier alpha value is -1.79. The van der Waals surface area contributed by atoms with Gasteiger partial charge in [0.25, 0.3) is 0 Å². The van der Waals surface area contributed by atoms with Crippen LogP contribution in [-0.4, -0.2) is 165 Å². The number of aldehydes is 1. The molecule has 278 valence electrons. The maximum Gasteiger partial charge on any atom is 0.157 e. The molecular formula is C34H58O14. The molecule has 1 aliphatic rings. The van der Waals surface area contributed by atoms with Crippen molar-refractivity contribution in [3.05, 3.63) is 29.8 Å². The molecular weight excluding hydrogens is 632 g/mol. The van der Waals surface area contributed by atoms with Crippen molar-refractivity contribution in [2.24, 2.45) is 0 Å². The van der Waals surface area contributed by atoms with Crippen LogP contribution >= 0.6 is 0 Å². The second-order valence-electron chi connectivity index (χ2n) is 10.3. The topological polar surface area (TPSA) is 137 Å². The summed E-state index contributed by atoms with van der Waals surface area (Å²) in [6.45, 7) is 11.8. The average molecular weight is 691 g/mol. The Bertz CT molecular complexity index is 810. The van der Waals surface area contributed by atoms with Crippen LogP contribution in [0, 0.1) is 0 Å². The van der Waals surface area contributed by atoms with E-state index in [0.717, 1.165) is 32.2 Å². The molecule has 0 saturated carbocycles. The van der Waals surface area contributed by atoms with E-state index >= 15 is 0 Å². The zero-order valence-electron chi connectivity index (χ0n) is 28.6. The quantitative estimate of drug-likeness (QED) is 0.0754. The van der Waals surface area contributed by atoms with Crippen LogP contribution in [0.15, 0.2) is 24.3 Å². The fourth-order valence-corrected chi connectivity index (χ4v) is 4.02. The van der Waals surface area contributed by atoms with Gasteiger partial charge in [-0.1, -0.05) is 0 Å². The van der Waals surface area contributed by atoms with Crippen molar-refractivity contribution in [1.82, 2.24) is 0 Å². The van der Waals surface area contributed by atoms with Gasteiger partial charge in [-0.05, 0) is 43.5 Å². The number of carbonyl (C=O) groups is 1. The summed E-state index contributed by atoms with van der Waals surface area (Å²) in [4.78, 5) is 10.6. The minimum Gasteiger partial charge on any atom is -0.491 e. The van der Waals surface area contributed by atoms with Gasteiger partial charge in [0.2, 0.25) is 0 Å². The van der Waals surface area contributed by atoms with Crippen LogP contribution in [0.25, 0.3) is 0 Å². The highest BCUT2D eigenvalue weighted by Gasteiger charge is 2.13. The minimum absolute atomic E-state index is 0.0690. The van der Waals surface area contributed by atoms with Crippen LogP contribution in [-0.2, 0) is 56.8 Å². The smallest absolute Gasteiger partial charge is 0.157 e. The second kappa shape index (κ2) is 33.7. The summed E-state index contributed by atoms with van der Waals surface area (Å²) in [5.41, 5.74) is 0.618. The summed E-state index contributed by atoms with van der Waals surface area (Å²) in [5, 5.41) is 0. The lowest BCUT2D eigenvalue weighted by atomic mass is 10.2. The minimum atomic E-state index is -0.0690. The molecule has 2 rings (SSSR count). The number of ether oxygens (including phenoxy) is 13. The Kier molecular flexibility index (Phi) is 29.7. The van der Waals surface area contributed by atoms with Gasteiger partial charge in [0.05, 0.1) is 139 Å². The standard InChI is InChI=1S/C34H58O14/c35-31-32-4-6-33(7-5-32)46-29-27-44-25-23-42-21-19-40-17-15-38-13-11-36-9-10-37-12-14-39-16-18-41-20-22-43-24-26-45-28-30-48-34-3-1-2-8-47-34/h4-7,31,34H,1-3,8-30H2. The number of hydrogen-bond donors (Lipinski definition) is 0. The lowest BCUT2D eigenvalue weighted by molar-refractivity contribution is -0.169. The molecule has 1 aliphatic heterocycles. The van der Waals surface area contributed by atoms with Crippen LogP contribution in [0.1, 0.15) is 29.6 Å². The van der Waals surface area contributed by atoms with Gasteiger partial charge in [0.15, 0.2) is 6.29 Å². The first-order valence-corrected chi connectivity index (χ1v) is 17.1. The molecule has 1 heterocycles. The molecule has 1 saturated heterocycles. The first-order valence-electron chi connectivity index (χ1n) is 17.1. The summed E-state index contributed by atoms with van der Waals surface area (Å²) < 4.78 is 71.5. The first-order chi connectivity index (χ1) is 23.9. The van der Waals surface area contributed by atoms with Gasteiger partial charge in [-0.3, -0.25) is 4.79 Å². The van der Waals surface area contributed by atoms with Crippen LogP contribution in [0.2, 0.25) is 0 Å². The molecule has 0 spiro atoms. The van der Waals surface area contributed by atoms with Crippen LogP contribution < -0.4 is 4.74 Å². The Morgan fingerprint density at radius 3 is 1.17 bits per heavy atom. The van der Waals surface area contributed by atoms with E-state index in [2.05, 4.69) is 0 Å². The molecule has 0 N–H and O–H groups in total. The van der Waals surface area contributed by atoms with E-state index in [-0.39, 0.29) is 6.29 Å². The predicted octanol–water partition coefficient (Wildman–Crippen LogP) is 2.59. The van der Waals surface area contributed by atoms with E-state index in [4.69, 9.17) is 61.6 Å². The lowest BCUT2D eigenvalue weighted by Gasteiger charge is -2.22. The van der Waals surface area contributed by atoms with Gasteiger partial charge < -0.3 is 61.6 Å². The fourth-order valence-electron chi connectivity index (χ4n) is 4.02. The summed E-state index contributed by atoms with van der Waals surface area (Å²) in [6.07, 6.45) is 3.98. The largest absolute Gasteiger partial charge is 0.491 e. The summed E-state index contributed by atoms with van der Waals surface area (Å²) in [5.74, 6) is 0.704. The van der Waals surface area contributed by atoms with Crippen molar-refractivity contribution < 1.29 is 66.4 Å². The molecule has 1 aromatic rings. The zero-order chi connectivity index (χ0) is 33.8. The summed E-state index contributed by atoms with van der Waals surface area (Å²) in [7, 11) is 0. The first kappa shape index (κ1) is 42.4. The lowest BCUT2D eigenvalue weighted by Crippen LogP contribution is -2.24. The third kappa shape index (κ3) is 27.1. The van der Waals surface area contributed by atoms with Gasteiger partial charge in [0, 0.05) is 12.2 Å². The van der Waals surface area contributed by atoms with Crippen molar-refractivity contribution in [2.75, 3.05) is 152 Å². The monoisotopic (exact) mass is 690 g/mol. The molecule has 48 heavy (non-hydrogen) atoms. The van der Waals surface area contributed by atoms with Crippen LogP contribution in [0.3, 0.4) is 0 Å². The Morgan fingerprint density at radius 2 is 0.833 bits per heavy atom. The van der Waals surface area contributed by atoms with Crippen molar-refractivity contribution in [3.63, 3.8) is 0 Å². The van der Waals surface area contributed by atoms with E-state index in [0.29, 0.717) is 157 Å². The fraction of sp³-hybridized carbons (Fsp3) is 0.794. The molecule has 1 atom stereocenters. The van der Waals surface area contributed by atoms with E-state index in [9.17, 15) is 4.79 Å². The molecule has 14 heteroatoms. The average Bonchev–Trinajstić information content (AvgIpc) is 3.12. The van der Waals surface area contributed by atoms with Gasteiger partial charge in [-0.2, -0.15) is 0 Å². The summed E-state index contributed by atoms with van der Waals surface area (Å²) >= 11 is 0. The molecule has 0 amide bonds.